The highest BCUT2D eigenvalue weighted by Gasteiger charge is 2.38. The lowest BCUT2D eigenvalue weighted by Crippen LogP contribution is -2.38. The zero-order valence-corrected chi connectivity index (χ0v) is 32.3. The van der Waals surface area contributed by atoms with E-state index in [0.29, 0.717) is 17.5 Å². The van der Waals surface area contributed by atoms with Gasteiger partial charge in [0.15, 0.2) is 18.2 Å². The highest BCUT2D eigenvalue weighted by atomic mass is 32.2. The second-order valence-electron chi connectivity index (χ2n) is 13.8. The highest BCUT2D eigenvalue weighted by molar-refractivity contribution is 7.99. The number of amides is 1. The molecule has 0 spiro atoms. The fourth-order valence-corrected chi connectivity index (χ4v) is 7.72. The summed E-state index contributed by atoms with van der Waals surface area (Å²) < 4.78 is 24.9. The fourth-order valence-electron chi connectivity index (χ4n) is 6.73. The molecule has 0 saturated carbocycles. The number of rotatable bonds is 13. The number of aromatic nitrogens is 1. The number of esters is 1. The Labute approximate surface area is 331 Å². The number of carbonyl (C=O) groups is 2. The molecular weight excluding hydrogens is 725 g/mol. The van der Waals surface area contributed by atoms with Gasteiger partial charge in [0, 0.05) is 41.8 Å². The first-order valence-corrected chi connectivity index (χ1v) is 19.6. The first kappa shape index (κ1) is 38.7. The number of hydrogen-bond acceptors (Lipinski definition) is 9. The van der Waals surface area contributed by atoms with Gasteiger partial charge in [0.25, 0.3) is 11.1 Å². The molecular formula is C46H44N2O7S. The van der Waals surface area contributed by atoms with Crippen molar-refractivity contribution in [3.63, 3.8) is 0 Å². The van der Waals surface area contributed by atoms with E-state index in [4.69, 9.17) is 23.6 Å². The van der Waals surface area contributed by atoms with E-state index < -0.39 is 18.4 Å². The summed E-state index contributed by atoms with van der Waals surface area (Å²) in [6.45, 7) is 5.24. The largest absolute Gasteiger partial charge is 0.453 e. The van der Waals surface area contributed by atoms with Crippen LogP contribution in [-0.4, -0.2) is 39.9 Å². The Bertz CT molecular complexity index is 2170. The minimum absolute atomic E-state index is 0.0182. The van der Waals surface area contributed by atoms with Crippen LogP contribution in [0.15, 0.2) is 143 Å². The van der Waals surface area contributed by atoms with Gasteiger partial charge in [-0.3, -0.25) is 9.59 Å². The van der Waals surface area contributed by atoms with Gasteiger partial charge >= 0.3 is 5.97 Å². The predicted molar refractivity (Wildman–Crippen MR) is 216 cm³/mol. The summed E-state index contributed by atoms with van der Waals surface area (Å²) in [5, 5.41) is 13.1. The van der Waals surface area contributed by atoms with Crippen LogP contribution in [-0.2, 0) is 37.0 Å². The Morgan fingerprint density at radius 3 is 2.12 bits per heavy atom. The summed E-state index contributed by atoms with van der Waals surface area (Å²) in [5.74, 6) is 0.431. The number of nitrogens with zero attached hydrogens (tertiary/aromatic N) is 1. The van der Waals surface area contributed by atoms with Crippen molar-refractivity contribution >= 4 is 23.6 Å². The number of ether oxygens (including phenoxy) is 3. The van der Waals surface area contributed by atoms with Crippen molar-refractivity contribution in [2.24, 2.45) is 5.92 Å². The smallest absolute Gasteiger partial charge is 0.303 e. The minimum atomic E-state index is -0.866. The molecule has 7 rings (SSSR count). The second kappa shape index (κ2) is 18.0. The van der Waals surface area contributed by atoms with E-state index in [9.17, 15) is 14.7 Å². The van der Waals surface area contributed by atoms with Crippen molar-refractivity contribution in [1.29, 1.82) is 0 Å². The number of aliphatic hydroxyl groups excluding tert-OH is 1. The Kier molecular flexibility index (Phi) is 12.4. The summed E-state index contributed by atoms with van der Waals surface area (Å²) in [4.78, 5) is 28.6. The van der Waals surface area contributed by atoms with Gasteiger partial charge in [-0.05, 0) is 40.8 Å². The molecule has 0 unspecified atom stereocenters. The fraction of sp³-hybridized carbons (Fsp3) is 0.239. The second-order valence-corrected chi connectivity index (χ2v) is 14.8. The number of oxazole rings is 1. The van der Waals surface area contributed by atoms with Crippen LogP contribution in [0.5, 0.6) is 0 Å². The Balaban J connectivity index is 1.10. The van der Waals surface area contributed by atoms with Crippen LogP contribution in [0.1, 0.15) is 55.4 Å². The van der Waals surface area contributed by atoms with Gasteiger partial charge in [0.1, 0.15) is 5.69 Å². The monoisotopic (exact) mass is 768 g/mol. The number of benzene rings is 5. The van der Waals surface area contributed by atoms with Crippen LogP contribution in [0.2, 0.25) is 0 Å². The Morgan fingerprint density at radius 1 is 0.786 bits per heavy atom. The van der Waals surface area contributed by atoms with Gasteiger partial charge in [0.05, 0.1) is 18.8 Å². The van der Waals surface area contributed by atoms with Gasteiger partial charge in [-0.2, -0.15) is 0 Å². The van der Waals surface area contributed by atoms with Gasteiger partial charge < -0.3 is 29.1 Å². The van der Waals surface area contributed by atoms with Crippen LogP contribution >= 0.6 is 11.8 Å². The third-order valence-corrected chi connectivity index (χ3v) is 10.7. The molecule has 0 aliphatic carbocycles. The Hall–Kier alpha value is -5.52. The molecule has 9 nitrogen and oxygen atoms in total. The maximum atomic E-state index is 12.4. The van der Waals surface area contributed by atoms with Crippen molar-refractivity contribution in [3.05, 3.63) is 156 Å². The first-order valence-electron chi connectivity index (χ1n) is 18.6. The number of aliphatic hydroxyl groups is 1. The van der Waals surface area contributed by atoms with Crippen LogP contribution in [0.4, 0.5) is 0 Å². The van der Waals surface area contributed by atoms with E-state index in [1.54, 1.807) is 6.92 Å². The van der Waals surface area contributed by atoms with E-state index in [1.165, 1.54) is 18.7 Å². The van der Waals surface area contributed by atoms with Crippen LogP contribution in [0, 0.1) is 5.92 Å². The molecule has 10 heteroatoms. The van der Waals surface area contributed by atoms with E-state index in [0.717, 1.165) is 56.0 Å². The first-order chi connectivity index (χ1) is 27.2. The minimum Gasteiger partial charge on any atom is -0.453 e. The lowest BCUT2D eigenvalue weighted by molar-refractivity contribution is -0.268. The highest BCUT2D eigenvalue weighted by Crippen LogP contribution is 2.44. The molecule has 1 saturated heterocycles. The maximum Gasteiger partial charge on any atom is 0.303 e. The van der Waals surface area contributed by atoms with Crippen LogP contribution in [0.3, 0.4) is 0 Å². The zero-order chi connectivity index (χ0) is 39.0. The molecule has 0 bridgehead atoms. The standard InChI is InChI=1S/C46H44N2O7S/c1-29-40(28-56-46-48-41(35-12-6-4-7-13-35)43(55-46)36-14-8-5-9-15-36)53-45(54-42(29)37-19-17-32(27-49)18-20-37)38-23-21-34(22-24-38)39-16-10-11-33(25-39)26-47-44(51)30(2)52-31(3)50/h4-25,29-30,40,42,45,49H,26-28H2,1-3H3,(H,47,51)/t29-,30+,40+,42+,45+/m1/s1. The van der Waals surface area contributed by atoms with Gasteiger partial charge in [-0.1, -0.05) is 146 Å². The Morgan fingerprint density at radius 2 is 1.45 bits per heavy atom. The molecule has 0 radical (unpaired) electrons. The molecule has 1 aromatic heterocycles. The molecule has 286 valence electrons. The molecule has 1 aliphatic rings. The van der Waals surface area contributed by atoms with Crippen LogP contribution < -0.4 is 5.32 Å². The van der Waals surface area contributed by atoms with Crippen molar-refractivity contribution in [3.8, 4) is 33.7 Å². The zero-order valence-electron chi connectivity index (χ0n) is 31.5. The summed E-state index contributed by atoms with van der Waals surface area (Å²) >= 11 is 1.53. The number of carbonyl (C=O) groups excluding carboxylic acids is 2. The van der Waals surface area contributed by atoms with Crippen molar-refractivity contribution in [2.45, 2.75) is 63.7 Å². The number of hydrogen-bond donors (Lipinski definition) is 2. The van der Waals surface area contributed by atoms with Gasteiger partial charge in [-0.15, -0.1) is 0 Å². The molecule has 1 amide bonds. The molecule has 56 heavy (non-hydrogen) atoms. The summed E-state index contributed by atoms with van der Waals surface area (Å²) in [5.41, 5.74) is 8.36. The normalized spacial score (nSPS) is 18.6. The summed E-state index contributed by atoms with van der Waals surface area (Å²) in [6, 6.07) is 44.0. The quantitative estimate of drug-likeness (QED) is 0.0875. The lowest BCUT2D eigenvalue weighted by atomic mass is 9.91. The van der Waals surface area contributed by atoms with Crippen molar-refractivity contribution in [2.75, 3.05) is 5.75 Å². The number of nitrogens with one attached hydrogen (secondary N) is 1. The van der Waals surface area contributed by atoms with Gasteiger partial charge in [0.2, 0.25) is 0 Å². The van der Waals surface area contributed by atoms with E-state index in [2.05, 4.69) is 12.2 Å². The van der Waals surface area contributed by atoms with Gasteiger partial charge in [-0.25, -0.2) is 4.98 Å². The third kappa shape index (κ3) is 9.29. The molecule has 2 N–H and O–H groups in total. The molecule has 2 heterocycles. The van der Waals surface area contributed by atoms with E-state index in [1.807, 2.05) is 133 Å². The number of thioether (sulfide) groups is 1. The van der Waals surface area contributed by atoms with E-state index in [-0.39, 0.29) is 30.6 Å². The molecule has 6 aromatic rings. The molecule has 1 aliphatic heterocycles. The SMILES string of the molecule is CC(=O)O[C@@H](C)C(=O)NCc1cccc(-c2ccc([C@H]3O[C@@H](CSc4nc(-c5ccccc5)c(-c5ccccc5)o4)[C@@H](C)[C@@H](c4ccc(CO)cc4)O3)cc2)c1. The molecule has 5 atom stereocenters. The maximum absolute atomic E-state index is 12.4. The molecule has 5 aromatic carbocycles. The third-order valence-electron chi connectivity index (χ3n) is 9.81. The summed E-state index contributed by atoms with van der Waals surface area (Å²) in [6.07, 6.45) is -2.00. The average Bonchev–Trinajstić information content (AvgIpc) is 3.67. The van der Waals surface area contributed by atoms with Crippen LogP contribution in [0.25, 0.3) is 33.7 Å². The summed E-state index contributed by atoms with van der Waals surface area (Å²) in [7, 11) is 0. The van der Waals surface area contributed by atoms with Crippen molar-refractivity contribution in [1.82, 2.24) is 10.3 Å². The molecule has 1 fully saturated rings. The topological polar surface area (TPSA) is 120 Å². The van der Waals surface area contributed by atoms with E-state index >= 15 is 0 Å². The van der Waals surface area contributed by atoms with Crippen molar-refractivity contribution < 1.29 is 33.3 Å². The average molecular weight is 769 g/mol. The predicted octanol–water partition coefficient (Wildman–Crippen LogP) is 9.32. The lowest BCUT2D eigenvalue weighted by Gasteiger charge is -2.41.